The lowest BCUT2D eigenvalue weighted by Crippen LogP contribution is -2.20. The predicted molar refractivity (Wildman–Crippen MR) is 112 cm³/mol. The van der Waals surface area contributed by atoms with Crippen molar-refractivity contribution in [2.24, 2.45) is 13.0 Å². The number of nitrogens with two attached hydrogens (primary N) is 1. The molecule has 0 atom stereocenters. The van der Waals surface area contributed by atoms with Gasteiger partial charge in [-0.25, -0.2) is 4.98 Å². The molecule has 0 saturated heterocycles. The normalized spacial score (nSPS) is 13.8. The monoisotopic (exact) mass is 370 g/mol. The van der Waals surface area contributed by atoms with E-state index in [2.05, 4.69) is 33.2 Å². The molecule has 2 aromatic carbocycles. The van der Waals surface area contributed by atoms with Gasteiger partial charge >= 0.3 is 0 Å². The molecule has 2 N–H and O–H groups in total. The third kappa shape index (κ3) is 3.29. The molecule has 6 heteroatoms. The van der Waals surface area contributed by atoms with Crippen LogP contribution in [0.3, 0.4) is 0 Å². The Hall–Kier alpha value is -3.41. The number of nitrogens with zero attached hydrogens (tertiary/aromatic N) is 5. The first-order valence-corrected chi connectivity index (χ1v) is 9.54. The summed E-state index contributed by atoms with van der Waals surface area (Å²) in [5, 5.41) is 4.24. The van der Waals surface area contributed by atoms with Gasteiger partial charge in [-0.1, -0.05) is 6.07 Å². The Morgan fingerprint density at radius 3 is 2.68 bits per heavy atom. The summed E-state index contributed by atoms with van der Waals surface area (Å²) in [7, 11) is 1.90. The number of nitrogen functional groups attached to an aromatic ring is 1. The lowest BCUT2D eigenvalue weighted by atomic mass is 10.1. The van der Waals surface area contributed by atoms with E-state index in [1.807, 2.05) is 43.7 Å². The van der Waals surface area contributed by atoms with E-state index in [0.29, 0.717) is 0 Å². The van der Waals surface area contributed by atoms with Crippen LogP contribution in [0.5, 0.6) is 0 Å². The van der Waals surface area contributed by atoms with Gasteiger partial charge in [0.15, 0.2) is 0 Å². The molecule has 2 heterocycles. The molecule has 1 fully saturated rings. The zero-order chi connectivity index (χ0) is 19.1. The minimum atomic E-state index is 0.741. The van der Waals surface area contributed by atoms with Crippen molar-refractivity contribution in [3.05, 3.63) is 61.1 Å². The quantitative estimate of drug-likeness (QED) is 0.534. The maximum Gasteiger partial charge on any atom is 0.0924 e. The van der Waals surface area contributed by atoms with Gasteiger partial charge in [-0.2, -0.15) is 5.10 Å². The Kier molecular flexibility index (Phi) is 3.97. The summed E-state index contributed by atoms with van der Waals surface area (Å²) in [4.78, 5) is 11.8. The number of rotatable bonds is 5. The third-order valence-corrected chi connectivity index (χ3v) is 5.16. The highest BCUT2D eigenvalue weighted by molar-refractivity contribution is 5.82. The average molecular weight is 370 g/mol. The molecule has 0 unspecified atom stereocenters. The van der Waals surface area contributed by atoms with Gasteiger partial charge in [0.1, 0.15) is 0 Å². The Bertz CT molecular complexity index is 1140. The first-order valence-electron chi connectivity index (χ1n) is 9.54. The fraction of sp³-hybridized carbons (Fsp3) is 0.227. The Morgan fingerprint density at radius 1 is 1.07 bits per heavy atom. The van der Waals surface area contributed by atoms with E-state index in [1.54, 1.807) is 10.9 Å². The highest BCUT2D eigenvalue weighted by Crippen LogP contribution is 2.36. The standard InChI is InChI=1S/C22H22N6/c1-27-14-16(11-25-27)22-12-24-20-8-7-19(10-21(20)26-22)28(13-15-5-6-15)18-4-2-3-17(23)9-18/h2-4,7-12,14-15H,5-6,13,23H2,1H3. The van der Waals surface area contributed by atoms with Gasteiger partial charge in [-0.15, -0.1) is 0 Å². The van der Waals surface area contributed by atoms with E-state index in [-0.39, 0.29) is 0 Å². The number of aryl methyl sites for hydroxylation is 1. The second-order valence-corrected chi connectivity index (χ2v) is 7.48. The molecule has 0 radical (unpaired) electrons. The summed E-state index contributed by atoms with van der Waals surface area (Å²) in [6, 6.07) is 14.3. The average Bonchev–Trinajstić information content (AvgIpc) is 3.43. The van der Waals surface area contributed by atoms with Gasteiger partial charge in [0.25, 0.3) is 0 Å². The molecule has 0 aliphatic heterocycles. The highest BCUT2D eigenvalue weighted by atomic mass is 15.2. The fourth-order valence-corrected chi connectivity index (χ4v) is 3.47. The zero-order valence-corrected chi connectivity index (χ0v) is 15.8. The van der Waals surface area contributed by atoms with Crippen LogP contribution in [0, 0.1) is 5.92 Å². The van der Waals surface area contributed by atoms with Gasteiger partial charge in [-0.05, 0) is 55.2 Å². The van der Waals surface area contributed by atoms with Crippen LogP contribution in [0.15, 0.2) is 61.1 Å². The van der Waals surface area contributed by atoms with Crippen LogP contribution in [0.2, 0.25) is 0 Å². The Morgan fingerprint density at radius 2 is 1.93 bits per heavy atom. The van der Waals surface area contributed by atoms with Crippen LogP contribution in [-0.4, -0.2) is 26.3 Å². The molecule has 6 nitrogen and oxygen atoms in total. The maximum atomic E-state index is 6.04. The van der Waals surface area contributed by atoms with Crippen LogP contribution in [0.25, 0.3) is 22.3 Å². The first kappa shape index (κ1) is 16.7. The van der Waals surface area contributed by atoms with Gasteiger partial charge in [0, 0.05) is 42.4 Å². The predicted octanol–water partition coefficient (Wildman–Crippen LogP) is 4.16. The molecule has 2 aromatic heterocycles. The van der Waals surface area contributed by atoms with E-state index >= 15 is 0 Å². The molecule has 28 heavy (non-hydrogen) atoms. The summed E-state index contributed by atoms with van der Waals surface area (Å²) in [6.45, 7) is 0.991. The maximum absolute atomic E-state index is 6.04. The van der Waals surface area contributed by atoms with E-state index in [9.17, 15) is 0 Å². The van der Waals surface area contributed by atoms with Crippen LogP contribution >= 0.6 is 0 Å². The summed E-state index contributed by atoms with van der Waals surface area (Å²) in [5.41, 5.74) is 12.6. The number of benzene rings is 2. The molecule has 1 aliphatic carbocycles. The molecular formula is C22H22N6. The van der Waals surface area contributed by atoms with Gasteiger partial charge in [-0.3, -0.25) is 9.67 Å². The SMILES string of the molecule is Cn1cc(-c2cnc3ccc(N(CC4CC4)c4cccc(N)c4)cc3n2)cn1. The van der Waals surface area contributed by atoms with Crippen molar-refractivity contribution < 1.29 is 0 Å². The van der Waals surface area contributed by atoms with Crippen molar-refractivity contribution in [1.82, 2.24) is 19.7 Å². The van der Waals surface area contributed by atoms with Crippen molar-refractivity contribution in [2.45, 2.75) is 12.8 Å². The van der Waals surface area contributed by atoms with E-state index < -0.39 is 0 Å². The second-order valence-electron chi connectivity index (χ2n) is 7.48. The molecule has 4 aromatic rings. The van der Waals surface area contributed by atoms with Crippen molar-refractivity contribution >= 4 is 28.1 Å². The molecule has 140 valence electrons. The van der Waals surface area contributed by atoms with E-state index in [1.165, 1.54) is 12.8 Å². The summed E-state index contributed by atoms with van der Waals surface area (Å²) < 4.78 is 1.77. The number of hydrogen-bond acceptors (Lipinski definition) is 5. The van der Waals surface area contributed by atoms with Gasteiger partial charge in [0.05, 0.1) is 29.1 Å². The molecular weight excluding hydrogens is 348 g/mol. The van der Waals surface area contributed by atoms with Crippen LogP contribution in [0.4, 0.5) is 17.1 Å². The lowest BCUT2D eigenvalue weighted by molar-refractivity contribution is 0.768. The molecule has 0 bridgehead atoms. The highest BCUT2D eigenvalue weighted by Gasteiger charge is 2.25. The minimum absolute atomic E-state index is 0.741. The number of hydrogen-bond donors (Lipinski definition) is 1. The zero-order valence-electron chi connectivity index (χ0n) is 15.8. The minimum Gasteiger partial charge on any atom is -0.399 e. The summed E-state index contributed by atoms with van der Waals surface area (Å²) >= 11 is 0. The molecule has 0 spiro atoms. The smallest absolute Gasteiger partial charge is 0.0924 e. The van der Waals surface area contributed by atoms with Gasteiger partial charge < -0.3 is 10.6 Å². The topological polar surface area (TPSA) is 72.9 Å². The number of anilines is 3. The first-order chi connectivity index (χ1) is 13.7. The van der Waals surface area contributed by atoms with Crippen molar-refractivity contribution in [1.29, 1.82) is 0 Å². The lowest BCUT2D eigenvalue weighted by Gasteiger charge is -2.25. The van der Waals surface area contributed by atoms with Crippen LogP contribution < -0.4 is 10.6 Å². The second kappa shape index (κ2) is 6.64. The molecule has 0 amide bonds. The van der Waals surface area contributed by atoms with Crippen molar-refractivity contribution in [2.75, 3.05) is 17.2 Å². The number of fused-ring (bicyclic) bond motifs is 1. The van der Waals surface area contributed by atoms with Gasteiger partial charge in [0.2, 0.25) is 0 Å². The molecule has 5 rings (SSSR count). The van der Waals surface area contributed by atoms with Crippen LogP contribution in [0.1, 0.15) is 12.8 Å². The summed E-state index contributed by atoms with van der Waals surface area (Å²) in [6.07, 6.45) is 8.14. The fourth-order valence-electron chi connectivity index (χ4n) is 3.47. The number of aromatic nitrogens is 4. The summed E-state index contributed by atoms with van der Waals surface area (Å²) in [5.74, 6) is 0.741. The Balaban J connectivity index is 1.57. The van der Waals surface area contributed by atoms with E-state index in [4.69, 9.17) is 10.7 Å². The van der Waals surface area contributed by atoms with Crippen molar-refractivity contribution in [3.63, 3.8) is 0 Å². The van der Waals surface area contributed by atoms with Crippen LogP contribution in [-0.2, 0) is 7.05 Å². The molecule has 1 aliphatic rings. The Labute approximate surface area is 163 Å². The third-order valence-electron chi connectivity index (χ3n) is 5.16. The van der Waals surface area contributed by atoms with E-state index in [0.717, 1.165) is 51.8 Å². The molecule has 1 saturated carbocycles. The van der Waals surface area contributed by atoms with Crippen molar-refractivity contribution in [3.8, 4) is 11.3 Å². The largest absolute Gasteiger partial charge is 0.399 e.